The molecule has 1 aliphatic rings. The van der Waals surface area contributed by atoms with Crippen LogP contribution in [0.1, 0.15) is 11.7 Å². The molecule has 0 saturated carbocycles. The molecule has 0 bridgehead atoms. The maximum Gasteiger partial charge on any atom is 0.236 e. The highest BCUT2D eigenvalue weighted by Gasteiger charge is 2.15. The van der Waals surface area contributed by atoms with E-state index in [0.29, 0.717) is 31.3 Å². The molecule has 0 aliphatic carbocycles. The van der Waals surface area contributed by atoms with E-state index in [2.05, 4.69) is 5.32 Å². The summed E-state index contributed by atoms with van der Waals surface area (Å²) in [7, 11) is 3.39. The Kier molecular flexibility index (Phi) is 4.81. The van der Waals surface area contributed by atoms with E-state index in [4.69, 9.17) is 9.47 Å². The van der Waals surface area contributed by atoms with Crippen molar-refractivity contribution in [1.29, 1.82) is 0 Å². The predicted octanol–water partition coefficient (Wildman–Crippen LogP) is 0.169. The molecule has 2 rings (SSSR count). The third-order valence-electron chi connectivity index (χ3n) is 3.06. The van der Waals surface area contributed by atoms with E-state index in [0.717, 1.165) is 5.56 Å². The fourth-order valence-electron chi connectivity index (χ4n) is 1.86. The van der Waals surface area contributed by atoms with Gasteiger partial charge in [-0.05, 0) is 17.7 Å². The van der Waals surface area contributed by atoms with Crippen LogP contribution in [0, 0.1) is 0 Å². The van der Waals surface area contributed by atoms with Gasteiger partial charge in [-0.25, -0.2) is 0 Å². The zero-order valence-corrected chi connectivity index (χ0v) is 11.8. The number of aliphatic hydroxyl groups is 1. The van der Waals surface area contributed by atoms with E-state index >= 15 is 0 Å². The molecule has 6 nitrogen and oxygen atoms in total. The molecular weight excluding hydrogens is 260 g/mol. The van der Waals surface area contributed by atoms with Crippen molar-refractivity contribution in [3.05, 3.63) is 23.8 Å². The Hall–Kier alpha value is -1.79. The van der Waals surface area contributed by atoms with Crippen molar-refractivity contribution in [2.45, 2.75) is 6.10 Å². The van der Waals surface area contributed by atoms with E-state index in [1.54, 1.807) is 32.3 Å². The second-order valence-corrected chi connectivity index (χ2v) is 4.84. The molecule has 1 aromatic carbocycles. The molecular formula is C14H20N2O4. The van der Waals surface area contributed by atoms with Crippen LogP contribution in [0.3, 0.4) is 0 Å². The summed E-state index contributed by atoms with van der Waals surface area (Å²) in [5.41, 5.74) is 0.735. The number of benzene rings is 1. The summed E-state index contributed by atoms with van der Waals surface area (Å²) in [6.07, 6.45) is -0.694. The third-order valence-corrected chi connectivity index (χ3v) is 3.06. The standard InChI is InChI=1S/C14H20N2O4/c1-16(2)14(18)9-15-8-11(17)10-3-4-12-13(7-10)20-6-5-19-12/h3-4,7,11,15,17H,5-6,8-9H2,1-2H3. The number of rotatable bonds is 5. The second kappa shape index (κ2) is 6.58. The van der Waals surface area contributed by atoms with E-state index < -0.39 is 6.10 Å². The number of hydrogen-bond acceptors (Lipinski definition) is 5. The Bertz CT molecular complexity index is 476. The van der Waals surface area contributed by atoms with Crippen molar-refractivity contribution in [1.82, 2.24) is 10.2 Å². The minimum Gasteiger partial charge on any atom is -0.486 e. The SMILES string of the molecule is CN(C)C(=O)CNCC(O)c1ccc2c(c1)OCCO2. The number of nitrogens with one attached hydrogen (secondary N) is 1. The average molecular weight is 280 g/mol. The number of carbonyl (C=O) groups is 1. The topological polar surface area (TPSA) is 71.0 Å². The van der Waals surface area contributed by atoms with E-state index in [1.807, 2.05) is 0 Å². The van der Waals surface area contributed by atoms with Gasteiger partial charge in [-0.2, -0.15) is 0 Å². The minimum atomic E-state index is -0.694. The first-order valence-electron chi connectivity index (χ1n) is 6.56. The molecule has 1 aromatic rings. The quantitative estimate of drug-likeness (QED) is 0.804. The number of hydrogen-bond donors (Lipinski definition) is 2. The van der Waals surface area contributed by atoms with Gasteiger partial charge in [0.25, 0.3) is 0 Å². The Morgan fingerprint density at radius 1 is 1.35 bits per heavy atom. The van der Waals surface area contributed by atoms with Crippen LogP contribution >= 0.6 is 0 Å². The molecule has 1 aliphatic heterocycles. The average Bonchev–Trinajstić information content (AvgIpc) is 2.46. The lowest BCUT2D eigenvalue weighted by atomic mass is 10.1. The van der Waals surface area contributed by atoms with E-state index in [9.17, 15) is 9.90 Å². The summed E-state index contributed by atoms with van der Waals surface area (Å²) in [4.78, 5) is 12.9. The number of likely N-dealkylation sites (N-methyl/N-ethyl adjacent to an activating group) is 1. The highest BCUT2D eigenvalue weighted by Crippen LogP contribution is 2.32. The molecule has 0 fully saturated rings. The van der Waals surface area contributed by atoms with Gasteiger partial charge in [0.05, 0.1) is 12.6 Å². The van der Waals surface area contributed by atoms with Crippen molar-refractivity contribution in [2.75, 3.05) is 40.4 Å². The van der Waals surface area contributed by atoms with Crippen LogP contribution < -0.4 is 14.8 Å². The predicted molar refractivity (Wildman–Crippen MR) is 74.0 cm³/mol. The second-order valence-electron chi connectivity index (χ2n) is 4.84. The Balaban J connectivity index is 1.89. The molecule has 20 heavy (non-hydrogen) atoms. The number of amides is 1. The van der Waals surface area contributed by atoms with Crippen LogP contribution in [-0.2, 0) is 4.79 Å². The molecule has 1 heterocycles. The van der Waals surface area contributed by atoms with Gasteiger partial charge in [-0.1, -0.05) is 6.07 Å². The minimum absolute atomic E-state index is 0.0284. The first-order valence-corrected chi connectivity index (χ1v) is 6.56. The van der Waals surface area contributed by atoms with Crippen molar-refractivity contribution in [2.24, 2.45) is 0 Å². The van der Waals surface area contributed by atoms with Gasteiger partial charge < -0.3 is 24.8 Å². The first-order chi connectivity index (χ1) is 9.58. The van der Waals surface area contributed by atoms with Crippen LogP contribution in [0.25, 0.3) is 0 Å². The maximum absolute atomic E-state index is 11.4. The van der Waals surface area contributed by atoms with Gasteiger partial charge in [-0.15, -0.1) is 0 Å². The fourth-order valence-corrected chi connectivity index (χ4v) is 1.86. The van der Waals surface area contributed by atoms with Crippen LogP contribution in [0.2, 0.25) is 0 Å². The van der Waals surface area contributed by atoms with Crippen molar-refractivity contribution >= 4 is 5.91 Å². The van der Waals surface area contributed by atoms with Gasteiger partial charge in [-0.3, -0.25) is 4.79 Å². The lowest BCUT2D eigenvalue weighted by Gasteiger charge is -2.20. The summed E-state index contributed by atoms with van der Waals surface area (Å²) in [5.74, 6) is 1.32. The van der Waals surface area contributed by atoms with Gasteiger partial charge in [0, 0.05) is 20.6 Å². The molecule has 2 N–H and O–H groups in total. The number of aliphatic hydroxyl groups excluding tert-OH is 1. The Labute approximate surface area is 118 Å². The lowest BCUT2D eigenvalue weighted by Crippen LogP contribution is -2.34. The molecule has 1 unspecified atom stereocenters. The molecule has 1 amide bonds. The largest absolute Gasteiger partial charge is 0.486 e. The van der Waals surface area contributed by atoms with Gasteiger partial charge >= 0.3 is 0 Å². The molecule has 110 valence electrons. The number of ether oxygens (including phenoxy) is 2. The highest BCUT2D eigenvalue weighted by molar-refractivity contribution is 5.77. The summed E-state index contributed by atoms with van der Waals surface area (Å²) in [6.45, 7) is 1.57. The molecule has 0 spiro atoms. The monoisotopic (exact) mass is 280 g/mol. The number of nitrogens with zero attached hydrogens (tertiary/aromatic N) is 1. The van der Waals surface area contributed by atoms with Crippen LogP contribution in [0.5, 0.6) is 11.5 Å². The zero-order chi connectivity index (χ0) is 14.5. The lowest BCUT2D eigenvalue weighted by molar-refractivity contribution is -0.127. The molecule has 6 heteroatoms. The summed E-state index contributed by atoms with van der Waals surface area (Å²) >= 11 is 0. The van der Waals surface area contributed by atoms with Crippen LogP contribution in [-0.4, -0.2) is 56.3 Å². The molecule has 0 saturated heterocycles. The van der Waals surface area contributed by atoms with E-state index in [-0.39, 0.29) is 12.5 Å². The molecule has 0 aromatic heterocycles. The number of carbonyl (C=O) groups excluding carboxylic acids is 1. The Morgan fingerprint density at radius 3 is 2.75 bits per heavy atom. The van der Waals surface area contributed by atoms with E-state index in [1.165, 1.54) is 4.90 Å². The van der Waals surface area contributed by atoms with Gasteiger partial charge in [0.1, 0.15) is 13.2 Å². The number of fused-ring (bicyclic) bond motifs is 1. The van der Waals surface area contributed by atoms with Gasteiger partial charge in [0.2, 0.25) is 5.91 Å². The zero-order valence-electron chi connectivity index (χ0n) is 11.8. The maximum atomic E-state index is 11.4. The smallest absolute Gasteiger partial charge is 0.236 e. The van der Waals surface area contributed by atoms with Crippen molar-refractivity contribution in [3.63, 3.8) is 0 Å². The third kappa shape index (κ3) is 3.61. The fraction of sp³-hybridized carbons (Fsp3) is 0.500. The first kappa shape index (κ1) is 14.6. The van der Waals surface area contributed by atoms with Crippen LogP contribution in [0.4, 0.5) is 0 Å². The summed E-state index contributed by atoms with van der Waals surface area (Å²) in [5, 5.41) is 13.0. The normalized spacial score (nSPS) is 14.8. The van der Waals surface area contributed by atoms with Crippen molar-refractivity contribution < 1.29 is 19.4 Å². The van der Waals surface area contributed by atoms with Crippen LogP contribution in [0.15, 0.2) is 18.2 Å². The summed E-state index contributed by atoms with van der Waals surface area (Å²) < 4.78 is 10.9. The molecule has 0 radical (unpaired) electrons. The summed E-state index contributed by atoms with van der Waals surface area (Å²) in [6, 6.07) is 5.36. The molecule has 1 atom stereocenters. The Morgan fingerprint density at radius 2 is 2.05 bits per heavy atom. The van der Waals surface area contributed by atoms with Gasteiger partial charge in [0.15, 0.2) is 11.5 Å². The highest BCUT2D eigenvalue weighted by atomic mass is 16.6. The van der Waals surface area contributed by atoms with Crippen molar-refractivity contribution in [3.8, 4) is 11.5 Å².